The van der Waals surface area contributed by atoms with Crippen LogP contribution in [0, 0.1) is 0 Å². The van der Waals surface area contributed by atoms with Gasteiger partial charge in [-0.1, -0.05) is 12.1 Å². The molecule has 27 heavy (non-hydrogen) atoms. The Hall–Kier alpha value is -3.03. The van der Waals surface area contributed by atoms with Gasteiger partial charge in [0.2, 0.25) is 5.91 Å². The molecule has 8 heteroatoms. The van der Waals surface area contributed by atoms with Crippen molar-refractivity contribution in [1.82, 2.24) is 5.32 Å². The van der Waals surface area contributed by atoms with Crippen LogP contribution in [0.5, 0.6) is 0 Å². The van der Waals surface area contributed by atoms with Crippen molar-refractivity contribution < 1.29 is 22.8 Å². The van der Waals surface area contributed by atoms with Crippen LogP contribution in [0.1, 0.15) is 25.0 Å². The largest absolute Gasteiger partial charge is 0.416 e. The first kappa shape index (κ1) is 20.3. The molecular formula is C19H20F3N3O2. The second kappa shape index (κ2) is 8.57. The summed E-state index contributed by atoms with van der Waals surface area (Å²) >= 11 is 0. The minimum Gasteiger partial charge on any atom is -0.336 e. The van der Waals surface area contributed by atoms with Crippen molar-refractivity contribution >= 4 is 23.3 Å². The molecule has 0 bridgehead atoms. The number of hydrogen-bond acceptors (Lipinski definition) is 2. The number of hydrogen-bond donors (Lipinski definition) is 3. The summed E-state index contributed by atoms with van der Waals surface area (Å²) in [6, 6.07) is 10.6. The lowest BCUT2D eigenvalue weighted by Crippen LogP contribution is -2.34. The Morgan fingerprint density at radius 2 is 1.41 bits per heavy atom. The lowest BCUT2D eigenvalue weighted by atomic mass is 10.1. The van der Waals surface area contributed by atoms with Crippen LogP contribution < -0.4 is 16.0 Å². The molecule has 5 nitrogen and oxygen atoms in total. The number of benzene rings is 2. The lowest BCUT2D eigenvalue weighted by molar-refractivity contribution is -0.137. The maximum absolute atomic E-state index is 12.5. The molecule has 0 aliphatic carbocycles. The summed E-state index contributed by atoms with van der Waals surface area (Å²) in [5.41, 5.74) is 0.802. The Balaban J connectivity index is 1.89. The van der Waals surface area contributed by atoms with Gasteiger partial charge in [-0.15, -0.1) is 0 Å². The highest BCUT2D eigenvalue weighted by atomic mass is 19.4. The van der Waals surface area contributed by atoms with Gasteiger partial charge in [-0.25, -0.2) is 4.79 Å². The van der Waals surface area contributed by atoms with Crippen LogP contribution >= 0.6 is 0 Å². The molecule has 0 saturated carbocycles. The van der Waals surface area contributed by atoms with Gasteiger partial charge in [0.25, 0.3) is 0 Å². The molecule has 0 saturated heterocycles. The van der Waals surface area contributed by atoms with Crippen molar-refractivity contribution in [3.63, 3.8) is 0 Å². The lowest BCUT2D eigenvalue weighted by Gasteiger charge is -2.11. The SMILES string of the molecule is CC(C)NC(=O)Nc1ccc(NC(=O)Cc2ccc(C(F)(F)F)cc2)cc1. The smallest absolute Gasteiger partial charge is 0.336 e. The van der Waals surface area contributed by atoms with Gasteiger partial charge in [0, 0.05) is 17.4 Å². The predicted octanol–water partition coefficient (Wildman–Crippen LogP) is 4.42. The molecular weight excluding hydrogens is 359 g/mol. The van der Waals surface area contributed by atoms with E-state index in [4.69, 9.17) is 0 Å². The zero-order chi connectivity index (χ0) is 20.0. The van der Waals surface area contributed by atoms with E-state index < -0.39 is 11.7 Å². The Kier molecular flexibility index (Phi) is 6.44. The molecule has 2 rings (SSSR count). The van der Waals surface area contributed by atoms with E-state index in [1.54, 1.807) is 24.3 Å². The Labute approximate surface area is 155 Å². The number of nitrogens with one attached hydrogen (secondary N) is 3. The third-order valence-corrected chi connectivity index (χ3v) is 3.49. The van der Waals surface area contributed by atoms with Crippen LogP contribution in [0.2, 0.25) is 0 Å². The summed E-state index contributed by atoms with van der Waals surface area (Å²) in [5.74, 6) is -0.354. The summed E-state index contributed by atoms with van der Waals surface area (Å²) in [5, 5.41) is 8.00. The first-order valence-electron chi connectivity index (χ1n) is 8.27. The minimum atomic E-state index is -4.40. The van der Waals surface area contributed by atoms with Crippen LogP contribution in [-0.4, -0.2) is 18.0 Å². The van der Waals surface area contributed by atoms with E-state index >= 15 is 0 Å². The van der Waals surface area contributed by atoms with Crippen LogP contribution in [0.15, 0.2) is 48.5 Å². The van der Waals surface area contributed by atoms with Gasteiger partial charge in [0.1, 0.15) is 0 Å². The van der Waals surface area contributed by atoms with Crippen LogP contribution in [0.25, 0.3) is 0 Å². The number of alkyl halides is 3. The summed E-state index contributed by atoms with van der Waals surface area (Å²) in [4.78, 5) is 23.6. The fraction of sp³-hybridized carbons (Fsp3) is 0.263. The van der Waals surface area contributed by atoms with E-state index in [0.717, 1.165) is 12.1 Å². The van der Waals surface area contributed by atoms with Crippen molar-refractivity contribution in [2.75, 3.05) is 10.6 Å². The number of amides is 3. The first-order chi connectivity index (χ1) is 12.6. The summed E-state index contributed by atoms with van der Waals surface area (Å²) in [6.07, 6.45) is -4.45. The third kappa shape index (κ3) is 6.65. The first-order valence-corrected chi connectivity index (χ1v) is 8.27. The summed E-state index contributed by atoms with van der Waals surface area (Å²) in [7, 11) is 0. The predicted molar refractivity (Wildman–Crippen MR) is 97.5 cm³/mol. The zero-order valence-electron chi connectivity index (χ0n) is 14.9. The van der Waals surface area contributed by atoms with Crippen molar-refractivity contribution in [3.05, 3.63) is 59.7 Å². The molecule has 2 aromatic rings. The Morgan fingerprint density at radius 3 is 1.89 bits per heavy atom. The van der Waals surface area contributed by atoms with E-state index in [2.05, 4.69) is 16.0 Å². The van der Waals surface area contributed by atoms with Crippen molar-refractivity contribution in [2.45, 2.75) is 32.5 Å². The highest BCUT2D eigenvalue weighted by molar-refractivity contribution is 5.93. The molecule has 0 heterocycles. The average Bonchev–Trinajstić information content (AvgIpc) is 2.55. The van der Waals surface area contributed by atoms with E-state index in [1.165, 1.54) is 12.1 Å². The molecule has 0 aliphatic heterocycles. The number of anilines is 2. The molecule has 0 aliphatic rings. The standard InChI is InChI=1S/C19H20F3N3O2/c1-12(2)23-18(27)25-16-9-7-15(8-10-16)24-17(26)11-13-3-5-14(6-4-13)19(20,21)22/h3-10,12H,11H2,1-2H3,(H,24,26)(H2,23,25,27). The molecule has 3 N–H and O–H groups in total. The second-order valence-corrected chi connectivity index (χ2v) is 6.25. The number of rotatable bonds is 5. The van der Waals surface area contributed by atoms with Crippen LogP contribution in [0.3, 0.4) is 0 Å². The molecule has 0 spiro atoms. The van der Waals surface area contributed by atoms with Gasteiger partial charge < -0.3 is 16.0 Å². The molecule has 0 unspecified atom stereocenters. The van der Waals surface area contributed by atoms with Gasteiger partial charge in [-0.3, -0.25) is 4.79 Å². The van der Waals surface area contributed by atoms with Gasteiger partial charge in [-0.05, 0) is 55.8 Å². The zero-order valence-corrected chi connectivity index (χ0v) is 14.9. The molecule has 0 aromatic heterocycles. The average molecular weight is 379 g/mol. The van der Waals surface area contributed by atoms with E-state index in [-0.39, 0.29) is 24.4 Å². The monoisotopic (exact) mass is 379 g/mol. The summed E-state index contributed by atoms with van der Waals surface area (Å²) in [6.45, 7) is 3.68. The topological polar surface area (TPSA) is 70.2 Å². The fourth-order valence-corrected chi connectivity index (χ4v) is 2.27. The third-order valence-electron chi connectivity index (χ3n) is 3.49. The minimum absolute atomic E-state index is 0.00811. The van der Waals surface area contributed by atoms with Crippen LogP contribution in [0.4, 0.5) is 29.3 Å². The molecule has 3 amide bonds. The molecule has 0 radical (unpaired) electrons. The molecule has 2 aromatic carbocycles. The summed E-state index contributed by atoms with van der Waals surface area (Å²) < 4.78 is 37.6. The van der Waals surface area contributed by atoms with Crippen molar-refractivity contribution in [3.8, 4) is 0 Å². The number of halogens is 3. The van der Waals surface area contributed by atoms with Gasteiger partial charge in [-0.2, -0.15) is 13.2 Å². The van der Waals surface area contributed by atoms with E-state index in [9.17, 15) is 22.8 Å². The van der Waals surface area contributed by atoms with Gasteiger partial charge in [0.05, 0.1) is 12.0 Å². The Bertz CT molecular complexity index is 785. The normalized spacial score (nSPS) is 11.2. The second-order valence-electron chi connectivity index (χ2n) is 6.25. The van der Waals surface area contributed by atoms with E-state index in [0.29, 0.717) is 16.9 Å². The quantitative estimate of drug-likeness (QED) is 0.720. The number of carbonyl (C=O) groups is 2. The molecule has 144 valence electrons. The molecule has 0 atom stereocenters. The number of urea groups is 1. The van der Waals surface area contributed by atoms with Gasteiger partial charge >= 0.3 is 12.2 Å². The van der Waals surface area contributed by atoms with Crippen molar-refractivity contribution in [1.29, 1.82) is 0 Å². The fourth-order valence-electron chi connectivity index (χ4n) is 2.27. The van der Waals surface area contributed by atoms with E-state index in [1.807, 2.05) is 13.8 Å². The maximum Gasteiger partial charge on any atom is 0.416 e. The van der Waals surface area contributed by atoms with Gasteiger partial charge in [0.15, 0.2) is 0 Å². The molecule has 0 fully saturated rings. The van der Waals surface area contributed by atoms with Crippen LogP contribution in [-0.2, 0) is 17.4 Å². The highest BCUT2D eigenvalue weighted by Crippen LogP contribution is 2.29. The maximum atomic E-state index is 12.5. The highest BCUT2D eigenvalue weighted by Gasteiger charge is 2.29. The van der Waals surface area contributed by atoms with Crippen molar-refractivity contribution in [2.24, 2.45) is 0 Å². The Morgan fingerprint density at radius 1 is 0.889 bits per heavy atom. The number of carbonyl (C=O) groups excluding carboxylic acids is 2.